The highest BCUT2D eigenvalue weighted by molar-refractivity contribution is 6.09. The molecule has 204 valence electrons. The second-order valence-electron chi connectivity index (χ2n) is 10.0. The summed E-state index contributed by atoms with van der Waals surface area (Å²) in [6, 6.07) is 7.59. The Bertz CT molecular complexity index is 1420. The number of benzene rings is 2. The monoisotopic (exact) mass is 544 g/mol. The highest BCUT2D eigenvalue weighted by atomic mass is 16.2. The van der Waals surface area contributed by atoms with Crippen LogP contribution >= 0.6 is 0 Å². The Labute approximate surface area is 227 Å². The quantitative estimate of drug-likeness (QED) is 0.413. The maximum absolute atomic E-state index is 13.1. The number of amides is 8. The van der Waals surface area contributed by atoms with E-state index in [1.165, 1.54) is 9.80 Å². The molecular formula is C27H24N6O7. The molecule has 8 amide bonds. The topological polar surface area (TPSA) is 174 Å². The predicted molar refractivity (Wildman–Crippen MR) is 138 cm³/mol. The third-order valence-electron chi connectivity index (χ3n) is 7.66. The molecule has 4 aliphatic heterocycles. The third kappa shape index (κ3) is 4.25. The maximum Gasteiger partial charge on any atom is 0.323 e. The van der Waals surface area contributed by atoms with Gasteiger partial charge in [-0.15, -0.1) is 0 Å². The fraction of sp³-hybridized carbons (Fsp3) is 0.296. The Hall–Kier alpha value is -5.07. The minimum atomic E-state index is -0.781. The van der Waals surface area contributed by atoms with Gasteiger partial charge in [-0.3, -0.25) is 39.4 Å². The van der Waals surface area contributed by atoms with Gasteiger partial charge in [0, 0.05) is 59.6 Å². The van der Waals surface area contributed by atoms with Crippen LogP contribution < -0.4 is 21.3 Å². The molecule has 2 saturated heterocycles. The van der Waals surface area contributed by atoms with Gasteiger partial charge in [0.2, 0.25) is 23.6 Å². The molecule has 0 bridgehead atoms. The zero-order valence-electron chi connectivity index (χ0n) is 21.1. The summed E-state index contributed by atoms with van der Waals surface area (Å²) >= 11 is 0. The lowest BCUT2D eigenvalue weighted by molar-refractivity contribution is -0.138. The molecule has 0 saturated carbocycles. The molecule has 0 spiro atoms. The van der Waals surface area contributed by atoms with Gasteiger partial charge in [-0.05, 0) is 37.1 Å². The molecule has 4 aliphatic rings. The van der Waals surface area contributed by atoms with Crippen molar-refractivity contribution in [2.24, 2.45) is 0 Å². The summed E-state index contributed by atoms with van der Waals surface area (Å²) < 4.78 is 0. The van der Waals surface area contributed by atoms with Gasteiger partial charge in [0.15, 0.2) is 0 Å². The van der Waals surface area contributed by atoms with Gasteiger partial charge in [0.25, 0.3) is 11.8 Å². The average molecular weight is 545 g/mol. The number of nitrogens with one attached hydrogen (secondary N) is 4. The second kappa shape index (κ2) is 9.59. The smallest absolute Gasteiger partial charge is 0.322 e. The molecular weight excluding hydrogens is 520 g/mol. The van der Waals surface area contributed by atoms with E-state index in [0.717, 1.165) is 0 Å². The van der Waals surface area contributed by atoms with Crippen LogP contribution in [0, 0.1) is 0 Å². The summed E-state index contributed by atoms with van der Waals surface area (Å²) in [6.07, 6.45) is 0.715. The number of hydrogen-bond acceptors (Lipinski definition) is 7. The van der Waals surface area contributed by atoms with E-state index in [1.54, 1.807) is 36.4 Å². The van der Waals surface area contributed by atoms with Crippen molar-refractivity contribution in [2.75, 3.05) is 10.6 Å². The fourth-order valence-corrected chi connectivity index (χ4v) is 5.68. The van der Waals surface area contributed by atoms with Crippen LogP contribution in [0.15, 0.2) is 36.4 Å². The van der Waals surface area contributed by atoms with Gasteiger partial charge in [-0.1, -0.05) is 12.1 Å². The Kier molecular flexibility index (Phi) is 6.05. The minimum Gasteiger partial charge on any atom is -0.322 e. The SMILES string of the molecule is O=C1CCC(N2Cc3c(NC(=O)Nc4cccc5c4CN(C4CCC(=O)NC4=O)C5=O)cccc3C2=O)C(=O)N1. The van der Waals surface area contributed by atoms with E-state index < -0.39 is 29.9 Å². The number of carbonyl (C=O) groups excluding carboxylic acids is 7. The van der Waals surface area contributed by atoms with Crippen LogP contribution in [0.25, 0.3) is 0 Å². The van der Waals surface area contributed by atoms with E-state index in [-0.39, 0.29) is 62.4 Å². The molecule has 4 heterocycles. The molecule has 0 aliphatic carbocycles. The normalized spacial score (nSPS) is 22.1. The molecule has 0 aromatic heterocycles. The van der Waals surface area contributed by atoms with Crippen molar-refractivity contribution in [3.63, 3.8) is 0 Å². The molecule has 13 nitrogen and oxygen atoms in total. The molecule has 2 unspecified atom stereocenters. The van der Waals surface area contributed by atoms with Gasteiger partial charge < -0.3 is 20.4 Å². The zero-order chi connectivity index (χ0) is 28.1. The largest absolute Gasteiger partial charge is 0.323 e. The van der Waals surface area contributed by atoms with Gasteiger partial charge in [-0.25, -0.2) is 4.79 Å². The third-order valence-corrected chi connectivity index (χ3v) is 7.66. The highest BCUT2D eigenvalue weighted by Gasteiger charge is 2.41. The molecule has 2 fully saturated rings. The zero-order valence-corrected chi connectivity index (χ0v) is 21.1. The van der Waals surface area contributed by atoms with Crippen molar-refractivity contribution >= 4 is 52.8 Å². The number of piperidine rings is 2. The predicted octanol–water partition coefficient (Wildman–Crippen LogP) is 0.853. The highest BCUT2D eigenvalue weighted by Crippen LogP contribution is 2.34. The van der Waals surface area contributed by atoms with Crippen molar-refractivity contribution in [3.8, 4) is 0 Å². The lowest BCUT2D eigenvalue weighted by atomic mass is 10.0. The first kappa shape index (κ1) is 25.2. The maximum atomic E-state index is 13.1. The first-order valence-electron chi connectivity index (χ1n) is 12.8. The minimum absolute atomic E-state index is 0.0903. The van der Waals surface area contributed by atoms with Crippen LogP contribution in [0.2, 0.25) is 0 Å². The first-order chi connectivity index (χ1) is 19.2. The second-order valence-corrected chi connectivity index (χ2v) is 10.0. The van der Waals surface area contributed by atoms with Crippen LogP contribution in [0.5, 0.6) is 0 Å². The van der Waals surface area contributed by atoms with Crippen molar-refractivity contribution in [2.45, 2.75) is 50.9 Å². The number of urea groups is 1. The number of imide groups is 2. The summed E-state index contributed by atoms with van der Waals surface area (Å²) in [5.41, 5.74) is 2.57. The van der Waals surface area contributed by atoms with Gasteiger partial charge in [0.1, 0.15) is 12.1 Å². The lowest BCUT2D eigenvalue weighted by Crippen LogP contribution is -2.52. The molecule has 2 atom stereocenters. The molecule has 6 rings (SSSR count). The fourth-order valence-electron chi connectivity index (χ4n) is 5.68. The van der Waals surface area contributed by atoms with Crippen molar-refractivity contribution in [1.29, 1.82) is 0 Å². The van der Waals surface area contributed by atoms with E-state index in [1.807, 2.05) is 0 Å². The number of carbonyl (C=O) groups is 7. The molecule has 0 radical (unpaired) electrons. The van der Waals surface area contributed by atoms with Gasteiger partial charge >= 0.3 is 6.03 Å². The average Bonchev–Trinajstić information content (AvgIpc) is 3.42. The Morgan fingerprint density at radius 1 is 0.675 bits per heavy atom. The van der Waals surface area contributed by atoms with Crippen LogP contribution in [0.3, 0.4) is 0 Å². The Balaban J connectivity index is 1.17. The number of hydrogen-bond donors (Lipinski definition) is 4. The van der Waals surface area contributed by atoms with Crippen LogP contribution in [-0.2, 0) is 32.3 Å². The number of rotatable bonds is 4. The first-order valence-corrected chi connectivity index (χ1v) is 12.8. The summed E-state index contributed by atoms with van der Waals surface area (Å²) in [5, 5.41) is 10.0. The number of anilines is 2. The van der Waals surface area contributed by atoms with Gasteiger partial charge in [0.05, 0.1) is 0 Å². The van der Waals surface area contributed by atoms with Crippen LogP contribution in [0.1, 0.15) is 57.5 Å². The Morgan fingerprint density at radius 3 is 1.50 bits per heavy atom. The van der Waals surface area contributed by atoms with Crippen molar-refractivity contribution < 1.29 is 33.6 Å². The Morgan fingerprint density at radius 2 is 1.10 bits per heavy atom. The summed E-state index contributed by atoms with van der Waals surface area (Å²) in [6.45, 7) is 0.181. The van der Waals surface area contributed by atoms with E-state index in [0.29, 0.717) is 33.6 Å². The van der Waals surface area contributed by atoms with Crippen LogP contribution in [0.4, 0.5) is 16.2 Å². The van der Waals surface area contributed by atoms with E-state index in [9.17, 15) is 33.6 Å². The van der Waals surface area contributed by atoms with Crippen molar-refractivity contribution in [3.05, 3.63) is 58.7 Å². The summed E-state index contributed by atoms with van der Waals surface area (Å²) in [7, 11) is 0. The number of nitrogens with zero attached hydrogens (tertiary/aromatic N) is 2. The molecule has 40 heavy (non-hydrogen) atoms. The van der Waals surface area contributed by atoms with E-state index >= 15 is 0 Å². The molecule has 2 aromatic rings. The lowest BCUT2D eigenvalue weighted by Gasteiger charge is -2.29. The van der Waals surface area contributed by atoms with Crippen LogP contribution in [-0.4, -0.2) is 63.4 Å². The summed E-state index contributed by atoms with van der Waals surface area (Å²) in [4.78, 5) is 89.8. The van der Waals surface area contributed by atoms with E-state index in [2.05, 4.69) is 21.3 Å². The van der Waals surface area contributed by atoms with Crippen molar-refractivity contribution in [1.82, 2.24) is 20.4 Å². The summed E-state index contributed by atoms with van der Waals surface area (Å²) in [5.74, 6) is -2.52. The number of fused-ring (bicyclic) bond motifs is 2. The van der Waals surface area contributed by atoms with Gasteiger partial charge in [-0.2, -0.15) is 0 Å². The molecule has 4 N–H and O–H groups in total. The van der Waals surface area contributed by atoms with E-state index in [4.69, 9.17) is 0 Å². The molecule has 2 aromatic carbocycles. The molecule has 13 heteroatoms. The standard InChI is InChI=1S/C27H24N6O7/c34-21-9-7-19(23(36)30-21)32-11-15-13(25(32)38)3-1-5-17(15)28-27(40)29-18-6-2-4-14-16(18)12-33(26(14)39)20-8-10-22(35)31-24(20)37/h1-6,19-20H,7-12H2,(H2,28,29,40)(H,30,34,36)(H,31,35,37).